The second kappa shape index (κ2) is 9.68. The van der Waals surface area contributed by atoms with E-state index in [0.717, 1.165) is 0 Å². The van der Waals surface area contributed by atoms with E-state index in [1.54, 1.807) is 43.3 Å². The number of carbonyl (C=O) groups is 2. The van der Waals surface area contributed by atoms with Crippen LogP contribution in [-0.4, -0.2) is 31.6 Å². The normalized spacial score (nSPS) is 10.2. The predicted octanol–water partition coefficient (Wildman–Crippen LogP) is 3.30. The van der Waals surface area contributed by atoms with Crippen molar-refractivity contribution in [3.63, 3.8) is 0 Å². The van der Waals surface area contributed by atoms with Gasteiger partial charge in [0.25, 0.3) is 5.91 Å². The summed E-state index contributed by atoms with van der Waals surface area (Å²) in [5, 5.41) is 3.39. The molecule has 0 aliphatic heterocycles. The molecule has 0 unspecified atom stereocenters. The number of nitrogens with one attached hydrogen (secondary N) is 1. The Bertz CT molecular complexity index is 763. The number of anilines is 1. The third-order valence-corrected chi connectivity index (χ3v) is 3.74. The minimum atomic E-state index is -0.421. The molecule has 0 aromatic heterocycles. The molecule has 7 heteroatoms. The van der Waals surface area contributed by atoms with Crippen LogP contribution in [0.1, 0.15) is 34.1 Å². The standard InChI is InChI=1S/C19H21ClN2O4/c1-2-25-19(24)14-6-9-17(16(21)12-14)26-11-3-10-22-18(23)13-4-7-15(20)8-5-13/h4-9,12H,2-3,10-11,21H2,1H3,(H,22,23). The number of rotatable bonds is 8. The van der Waals surface area contributed by atoms with E-state index in [1.807, 2.05) is 0 Å². The van der Waals surface area contributed by atoms with Crippen molar-refractivity contribution in [3.05, 3.63) is 58.6 Å². The van der Waals surface area contributed by atoms with Gasteiger partial charge in [0, 0.05) is 17.1 Å². The lowest BCUT2D eigenvalue weighted by molar-refractivity contribution is 0.0526. The second-order valence-electron chi connectivity index (χ2n) is 5.44. The Kier molecular flexibility index (Phi) is 7.29. The van der Waals surface area contributed by atoms with E-state index in [0.29, 0.717) is 53.8 Å². The highest BCUT2D eigenvalue weighted by Gasteiger charge is 2.10. The summed E-state index contributed by atoms with van der Waals surface area (Å²) in [6, 6.07) is 11.4. The van der Waals surface area contributed by atoms with Crippen molar-refractivity contribution in [1.82, 2.24) is 5.32 Å². The minimum absolute atomic E-state index is 0.167. The molecule has 0 saturated carbocycles. The van der Waals surface area contributed by atoms with Crippen molar-refractivity contribution >= 4 is 29.2 Å². The van der Waals surface area contributed by atoms with Crippen LogP contribution in [0.5, 0.6) is 5.75 Å². The number of hydrogen-bond acceptors (Lipinski definition) is 5. The summed E-state index contributed by atoms with van der Waals surface area (Å²) < 4.78 is 10.5. The van der Waals surface area contributed by atoms with Crippen LogP contribution in [-0.2, 0) is 4.74 Å². The Hall–Kier alpha value is -2.73. The Balaban J connectivity index is 1.75. The molecule has 0 heterocycles. The zero-order valence-electron chi connectivity index (χ0n) is 14.5. The number of benzene rings is 2. The molecule has 0 bridgehead atoms. The third-order valence-electron chi connectivity index (χ3n) is 3.49. The van der Waals surface area contributed by atoms with Crippen molar-refractivity contribution in [2.45, 2.75) is 13.3 Å². The van der Waals surface area contributed by atoms with Crippen molar-refractivity contribution < 1.29 is 19.1 Å². The van der Waals surface area contributed by atoms with E-state index in [9.17, 15) is 9.59 Å². The van der Waals surface area contributed by atoms with Crippen LogP contribution in [0, 0.1) is 0 Å². The number of esters is 1. The van der Waals surface area contributed by atoms with Crippen LogP contribution in [0.25, 0.3) is 0 Å². The van der Waals surface area contributed by atoms with Crippen LogP contribution in [0.2, 0.25) is 5.02 Å². The monoisotopic (exact) mass is 376 g/mol. The average Bonchev–Trinajstić information content (AvgIpc) is 2.63. The number of amides is 1. The Morgan fingerprint density at radius 1 is 1.12 bits per heavy atom. The van der Waals surface area contributed by atoms with E-state index in [1.165, 1.54) is 6.07 Å². The lowest BCUT2D eigenvalue weighted by atomic mass is 10.2. The molecule has 0 radical (unpaired) electrons. The highest BCUT2D eigenvalue weighted by Crippen LogP contribution is 2.23. The summed E-state index contributed by atoms with van der Waals surface area (Å²) in [6.07, 6.45) is 0.610. The van der Waals surface area contributed by atoms with Crippen LogP contribution in [0.4, 0.5) is 5.69 Å². The molecule has 138 valence electrons. The lowest BCUT2D eigenvalue weighted by Gasteiger charge is -2.11. The fraction of sp³-hybridized carbons (Fsp3) is 0.263. The molecule has 0 fully saturated rings. The van der Waals surface area contributed by atoms with Gasteiger partial charge in [0.1, 0.15) is 5.75 Å². The molecule has 0 spiro atoms. The third kappa shape index (κ3) is 5.67. The van der Waals surface area contributed by atoms with Gasteiger partial charge in [0.15, 0.2) is 0 Å². The van der Waals surface area contributed by atoms with Gasteiger partial charge in [0.2, 0.25) is 0 Å². The van der Waals surface area contributed by atoms with Gasteiger partial charge in [-0.25, -0.2) is 4.79 Å². The summed E-state index contributed by atoms with van der Waals surface area (Å²) in [5.41, 5.74) is 7.19. The van der Waals surface area contributed by atoms with E-state index >= 15 is 0 Å². The van der Waals surface area contributed by atoms with Gasteiger partial charge in [-0.1, -0.05) is 11.6 Å². The molecule has 0 saturated heterocycles. The highest BCUT2D eigenvalue weighted by atomic mass is 35.5. The summed E-state index contributed by atoms with van der Waals surface area (Å²) in [5.74, 6) is -0.0993. The molecular formula is C19H21ClN2O4. The summed E-state index contributed by atoms with van der Waals surface area (Å²) in [4.78, 5) is 23.6. The fourth-order valence-electron chi connectivity index (χ4n) is 2.18. The molecule has 0 atom stereocenters. The van der Waals surface area contributed by atoms with Crippen molar-refractivity contribution in [2.24, 2.45) is 0 Å². The van der Waals surface area contributed by atoms with Crippen LogP contribution < -0.4 is 15.8 Å². The zero-order chi connectivity index (χ0) is 18.9. The first-order valence-corrected chi connectivity index (χ1v) is 8.62. The molecule has 3 N–H and O–H groups in total. The van der Waals surface area contributed by atoms with E-state index < -0.39 is 5.97 Å². The second-order valence-corrected chi connectivity index (χ2v) is 5.87. The maximum absolute atomic E-state index is 11.9. The zero-order valence-corrected chi connectivity index (χ0v) is 15.2. The van der Waals surface area contributed by atoms with Gasteiger partial charge in [-0.2, -0.15) is 0 Å². The smallest absolute Gasteiger partial charge is 0.338 e. The van der Waals surface area contributed by atoms with Gasteiger partial charge >= 0.3 is 5.97 Å². The number of hydrogen-bond donors (Lipinski definition) is 2. The molecule has 6 nitrogen and oxygen atoms in total. The molecular weight excluding hydrogens is 356 g/mol. The number of carbonyl (C=O) groups excluding carboxylic acids is 2. The SMILES string of the molecule is CCOC(=O)c1ccc(OCCCNC(=O)c2ccc(Cl)cc2)c(N)c1. The number of nitrogens with two attached hydrogens (primary N) is 1. The molecule has 2 aromatic carbocycles. The number of nitrogen functional groups attached to an aromatic ring is 1. The van der Waals surface area contributed by atoms with Gasteiger partial charge in [0.05, 0.1) is 24.5 Å². The van der Waals surface area contributed by atoms with Gasteiger partial charge in [-0.3, -0.25) is 4.79 Å². The maximum Gasteiger partial charge on any atom is 0.338 e. The fourth-order valence-corrected chi connectivity index (χ4v) is 2.31. The Labute approximate surface area is 157 Å². The minimum Gasteiger partial charge on any atom is -0.491 e. The van der Waals surface area contributed by atoms with Crippen molar-refractivity contribution in [3.8, 4) is 5.75 Å². The Morgan fingerprint density at radius 3 is 2.46 bits per heavy atom. The molecule has 1 amide bonds. The van der Waals surface area contributed by atoms with E-state index in [4.69, 9.17) is 26.8 Å². The molecule has 0 aliphatic carbocycles. The van der Waals surface area contributed by atoms with E-state index in [2.05, 4.69) is 5.32 Å². The first kappa shape index (κ1) is 19.6. The van der Waals surface area contributed by atoms with Crippen molar-refractivity contribution in [1.29, 1.82) is 0 Å². The van der Waals surface area contributed by atoms with E-state index in [-0.39, 0.29) is 5.91 Å². The lowest BCUT2D eigenvalue weighted by Crippen LogP contribution is -2.25. The predicted molar refractivity (Wildman–Crippen MR) is 101 cm³/mol. The Morgan fingerprint density at radius 2 is 1.81 bits per heavy atom. The van der Waals surface area contributed by atoms with Gasteiger partial charge in [-0.15, -0.1) is 0 Å². The first-order valence-electron chi connectivity index (χ1n) is 8.24. The quantitative estimate of drug-likeness (QED) is 0.419. The maximum atomic E-state index is 11.9. The van der Waals surface area contributed by atoms with Gasteiger partial charge in [-0.05, 0) is 55.8 Å². The molecule has 0 aliphatic rings. The van der Waals surface area contributed by atoms with Crippen LogP contribution in [0.15, 0.2) is 42.5 Å². The largest absolute Gasteiger partial charge is 0.491 e. The molecule has 2 rings (SSSR count). The van der Waals surface area contributed by atoms with Crippen LogP contribution in [0.3, 0.4) is 0 Å². The topological polar surface area (TPSA) is 90.6 Å². The number of ether oxygens (including phenoxy) is 2. The summed E-state index contributed by atoms with van der Waals surface area (Å²) in [6.45, 7) is 2.88. The van der Waals surface area contributed by atoms with Gasteiger partial charge < -0.3 is 20.5 Å². The highest BCUT2D eigenvalue weighted by molar-refractivity contribution is 6.30. The summed E-state index contributed by atoms with van der Waals surface area (Å²) in [7, 11) is 0. The summed E-state index contributed by atoms with van der Waals surface area (Å²) >= 11 is 5.79. The van der Waals surface area contributed by atoms with Crippen LogP contribution >= 0.6 is 11.6 Å². The first-order chi connectivity index (χ1) is 12.5. The number of halogens is 1. The van der Waals surface area contributed by atoms with Crippen molar-refractivity contribution in [2.75, 3.05) is 25.5 Å². The molecule has 2 aromatic rings. The molecule has 26 heavy (non-hydrogen) atoms. The average molecular weight is 377 g/mol.